The number of cyclic esters (lactones) is 1. The van der Waals surface area contributed by atoms with Crippen LogP contribution in [0.1, 0.15) is 25.8 Å². The number of carbonyl (C=O) groups is 1. The predicted molar refractivity (Wildman–Crippen MR) is 103 cm³/mol. The van der Waals surface area contributed by atoms with Gasteiger partial charge in [-0.15, -0.1) is 10.2 Å². The fourth-order valence-electron chi connectivity index (χ4n) is 3.02. The minimum atomic E-state index is -0.794. The molecule has 0 spiro atoms. The van der Waals surface area contributed by atoms with E-state index in [1.54, 1.807) is 38.1 Å². The van der Waals surface area contributed by atoms with Crippen molar-refractivity contribution < 1.29 is 23.4 Å². The second-order valence-corrected chi connectivity index (χ2v) is 6.78. The van der Waals surface area contributed by atoms with Gasteiger partial charge < -0.3 is 19.6 Å². The van der Waals surface area contributed by atoms with Gasteiger partial charge in [-0.3, -0.25) is 4.90 Å². The van der Waals surface area contributed by atoms with E-state index < -0.39 is 30.1 Å². The average Bonchev–Trinajstić information content (AvgIpc) is 3.36. The number of amides is 1. The number of halogens is 1. The van der Waals surface area contributed by atoms with Gasteiger partial charge >= 0.3 is 6.09 Å². The summed E-state index contributed by atoms with van der Waals surface area (Å²) < 4.78 is 24.5. The van der Waals surface area contributed by atoms with Crippen LogP contribution in [-0.2, 0) is 4.74 Å². The Balaban J connectivity index is 1.52. The lowest BCUT2D eigenvalue weighted by molar-refractivity contribution is 0.142. The number of carbonyl (C=O) groups excluding carboxylic acids is 1. The van der Waals surface area contributed by atoms with Crippen molar-refractivity contribution in [1.29, 1.82) is 0 Å². The second kappa shape index (κ2) is 8.03. The van der Waals surface area contributed by atoms with Crippen molar-refractivity contribution in [1.82, 2.24) is 20.2 Å². The van der Waals surface area contributed by atoms with Gasteiger partial charge in [-0.25, -0.2) is 14.2 Å². The highest BCUT2D eigenvalue weighted by molar-refractivity contribution is 5.89. The molecular weight excluding hydrogens is 395 g/mol. The van der Waals surface area contributed by atoms with E-state index in [2.05, 4.69) is 25.5 Å². The topological polar surface area (TPSA) is 127 Å². The number of hydrogen-bond donors (Lipinski definition) is 2. The molecule has 2 N–H and O–H groups in total. The molecule has 0 radical (unpaired) electrons. The van der Waals surface area contributed by atoms with Crippen LogP contribution in [0.25, 0.3) is 11.5 Å². The first-order valence-electron chi connectivity index (χ1n) is 9.26. The Morgan fingerprint density at radius 2 is 2.07 bits per heavy atom. The van der Waals surface area contributed by atoms with Crippen molar-refractivity contribution in [3.8, 4) is 11.5 Å². The molecule has 3 heterocycles. The number of nitrogens with zero attached hydrogens (tertiary/aromatic N) is 5. The van der Waals surface area contributed by atoms with Crippen molar-refractivity contribution in [2.75, 3.05) is 16.8 Å². The Bertz CT molecular complexity index is 1060. The molecule has 0 bridgehead atoms. The SMILES string of the molecule is C[C@@H](Nc1nccc(N2C(=O)OC[C@@H]2[C@@H](C)O)n1)c1nnc(-c2ccccc2F)o1. The molecule has 2 aromatic heterocycles. The molecule has 0 aliphatic carbocycles. The molecule has 3 aromatic rings. The average molecular weight is 414 g/mol. The first-order chi connectivity index (χ1) is 14.4. The van der Waals surface area contributed by atoms with Crippen LogP contribution in [0, 0.1) is 5.82 Å². The normalized spacial score (nSPS) is 18.2. The van der Waals surface area contributed by atoms with Gasteiger partial charge in [-0.05, 0) is 32.0 Å². The zero-order valence-electron chi connectivity index (χ0n) is 16.2. The highest BCUT2D eigenvalue weighted by Gasteiger charge is 2.38. The van der Waals surface area contributed by atoms with E-state index in [1.165, 1.54) is 17.2 Å². The molecule has 4 rings (SSSR count). The Morgan fingerprint density at radius 1 is 1.27 bits per heavy atom. The summed E-state index contributed by atoms with van der Waals surface area (Å²) in [4.78, 5) is 21.8. The standard InChI is InChI=1S/C19H19FN6O4/c1-10(16-24-25-17(30-16)12-5-3-4-6-13(12)20)22-18-21-8-7-15(23-18)26-14(11(2)27)9-29-19(26)28/h3-8,10-11,14,27H,9H2,1-2H3,(H,21,22,23)/t10-,11-,14-/m1/s1. The lowest BCUT2D eigenvalue weighted by Crippen LogP contribution is -2.41. The van der Waals surface area contributed by atoms with Crippen LogP contribution in [0.15, 0.2) is 40.9 Å². The molecule has 1 amide bonds. The minimum absolute atomic E-state index is 0.0611. The van der Waals surface area contributed by atoms with Crippen molar-refractivity contribution >= 4 is 17.9 Å². The lowest BCUT2D eigenvalue weighted by Gasteiger charge is -2.22. The quantitative estimate of drug-likeness (QED) is 0.625. The molecule has 1 fully saturated rings. The van der Waals surface area contributed by atoms with Gasteiger partial charge in [0.25, 0.3) is 5.89 Å². The number of aliphatic hydroxyl groups excluding tert-OH is 1. The molecule has 1 aromatic carbocycles. The summed E-state index contributed by atoms with van der Waals surface area (Å²) in [6.45, 7) is 3.39. The summed E-state index contributed by atoms with van der Waals surface area (Å²) in [5.74, 6) is 0.297. The number of benzene rings is 1. The lowest BCUT2D eigenvalue weighted by atomic mass is 10.2. The summed E-state index contributed by atoms with van der Waals surface area (Å²) in [7, 11) is 0. The van der Waals surface area contributed by atoms with Crippen LogP contribution < -0.4 is 10.2 Å². The van der Waals surface area contributed by atoms with Gasteiger partial charge in [0.05, 0.1) is 11.7 Å². The summed E-state index contributed by atoms with van der Waals surface area (Å²) in [5.41, 5.74) is 0.207. The Morgan fingerprint density at radius 3 is 2.83 bits per heavy atom. The monoisotopic (exact) mass is 414 g/mol. The van der Waals surface area contributed by atoms with Gasteiger partial charge in [0.15, 0.2) is 0 Å². The smallest absolute Gasteiger partial charge is 0.416 e. The number of nitrogens with one attached hydrogen (secondary N) is 1. The molecule has 1 saturated heterocycles. The summed E-state index contributed by atoms with van der Waals surface area (Å²) >= 11 is 0. The maximum atomic E-state index is 13.9. The molecule has 10 nitrogen and oxygen atoms in total. The summed E-state index contributed by atoms with van der Waals surface area (Å²) in [6.07, 6.45) is 0.0858. The van der Waals surface area contributed by atoms with E-state index in [4.69, 9.17) is 9.15 Å². The molecule has 0 unspecified atom stereocenters. The molecule has 11 heteroatoms. The zero-order chi connectivity index (χ0) is 21.3. The van der Waals surface area contributed by atoms with Crippen LogP contribution in [0.5, 0.6) is 0 Å². The number of aliphatic hydroxyl groups is 1. The fourth-order valence-corrected chi connectivity index (χ4v) is 3.02. The van der Waals surface area contributed by atoms with E-state index in [1.807, 2.05) is 0 Å². The van der Waals surface area contributed by atoms with E-state index in [-0.39, 0.29) is 35.7 Å². The van der Waals surface area contributed by atoms with Crippen LogP contribution in [0.4, 0.5) is 21.0 Å². The van der Waals surface area contributed by atoms with Gasteiger partial charge in [0, 0.05) is 6.20 Å². The fraction of sp³-hybridized carbons (Fsp3) is 0.316. The number of anilines is 2. The molecule has 1 aliphatic heterocycles. The molecule has 1 aliphatic rings. The first kappa shape index (κ1) is 19.7. The third-order valence-corrected chi connectivity index (χ3v) is 4.61. The highest BCUT2D eigenvalue weighted by Crippen LogP contribution is 2.26. The van der Waals surface area contributed by atoms with E-state index in [0.29, 0.717) is 0 Å². The van der Waals surface area contributed by atoms with Gasteiger partial charge in [0.1, 0.15) is 30.3 Å². The van der Waals surface area contributed by atoms with Crippen molar-refractivity contribution in [3.05, 3.63) is 48.2 Å². The molecule has 156 valence electrons. The Labute approximate surface area is 170 Å². The number of rotatable bonds is 6. The number of aromatic nitrogens is 4. The maximum absolute atomic E-state index is 13.9. The van der Waals surface area contributed by atoms with E-state index in [0.717, 1.165) is 0 Å². The van der Waals surface area contributed by atoms with E-state index in [9.17, 15) is 14.3 Å². The van der Waals surface area contributed by atoms with Crippen LogP contribution in [0.3, 0.4) is 0 Å². The van der Waals surface area contributed by atoms with Crippen molar-refractivity contribution in [2.24, 2.45) is 0 Å². The van der Waals surface area contributed by atoms with Crippen LogP contribution in [0.2, 0.25) is 0 Å². The van der Waals surface area contributed by atoms with Crippen LogP contribution in [-0.4, -0.2) is 50.1 Å². The first-order valence-corrected chi connectivity index (χ1v) is 9.26. The largest absolute Gasteiger partial charge is 0.447 e. The van der Waals surface area contributed by atoms with Crippen LogP contribution >= 0.6 is 0 Å². The highest BCUT2D eigenvalue weighted by atomic mass is 19.1. The summed E-state index contributed by atoms with van der Waals surface area (Å²) in [5, 5.41) is 20.8. The van der Waals surface area contributed by atoms with Gasteiger partial charge in [0.2, 0.25) is 11.8 Å². The number of hydrogen-bond acceptors (Lipinski definition) is 9. The molecule has 30 heavy (non-hydrogen) atoms. The zero-order valence-corrected chi connectivity index (χ0v) is 16.2. The minimum Gasteiger partial charge on any atom is -0.447 e. The van der Waals surface area contributed by atoms with Gasteiger partial charge in [-0.2, -0.15) is 4.98 Å². The van der Waals surface area contributed by atoms with Crippen molar-refractivity contribution in [3.63, 3.8) is 0 Å². The number of ether oxygens (including phenoxy) is 1. The third kappa shape index (κ3) is 3.79. The molecule has 0 saturated carbocycles. The maximum Gasteiger partial charge on any atom is 0.416 e. The predicted octanol–water partition coefficient (Wildman–Crippen LogP) is 2.54. The molecular formula is C19H19FN6O4. The van der Waals surface area contributed by atoms with E-state index >= 15 is 0 Å². The van der Waals surface area contributed by atoms with Crippen molar-refractivity contribution in [2.45, 2.75) is 32.0 Å². The molecule has 3 atom stereocenters. The van der Waals surface area contributed by atoms with Gasteiger partial charge in [-0.1, -0.05) is 12.1 Å². The Hall–Kier alpha value is -3.60. The third-order valence-electron chi connectivity index (χ3n) is 4.61. The Kier molecular flexibility index (Phi) is 5.27. The summed E-state index contributed by atoms with van der Waals surface area (Å²) in [6, 6.07) is 6.61. The second-order valence-electron chi connectivity index (χ2n) is 6.78.